The summed E-state index contributed by atoms with van der Waals surface area (Å²) in [6.07, 6.45) is 4.64. The Morgan fingerprint density at radius 3 is 2.42 bits per heavy atom. The van der Waals surface area contributed by atoms with Crippen molar-refractivity contribution in [1.29, 1.82) is 0 Å². The van der Waals surface area contributed by atoms with Gasteiger partial charge in [-0.1, -0.05) is 18.2 Å². The summed E-state index contributed by atoms with van der Waals surface area (Å²) in [5.41, 5.74) is 1.11. The van der Waals surface area contributed by atoms with E-state index in [2.05, 4.69) is 5.10 Å². The number of hydrogen-bond donors (Lipinski definition) is 0. The quantitative estimate of drug-likeness (QED) is 0.802. The standard InChI is InChI=1S/C18H22N4O3S/c1-20-13-14(12-19-20)16-11-17(16)18(23)21-7-9-22(10-8-21)26(24,25)15-5-3-2-4-6-15/h2-6,12-13,16-17H,7-11H2,1H3/t16-,17-/m1/s1. The summed E-state index contributed by atoms with van der Waals surface area (Å²) >= 11 is 0. The van der Waals surface area contributed by atoms with Gasteiger partial charge in [-0.15, -0.1) is 0 Å². The van der Waals surface area contributed by atoms with Gasteiger partial charge in [0.1, 0.15) is 0 Å². The van der Waals surface area contributed by atoms with E-state index in [0.717, 1.165) is 12.0 Å². The second-order valence-corrected chi connectivity index (χ2v) is 8.88. The van der Waals surface area contributed by atoms with Gasteiger partial charge in [-0.3, -0.25) is 9.48 Å². The third kappa shape index (κ3) is 3.14. The highest BCUT2D eigenvalue weighted by Gasteiger charge is 2.47. The Kier molecular flexibility index (Phi) is 4.32. The fraction of sp³-hybridized carbons (Fsp3) is 0.444. The first-order valence-electron chi connectivity index (χ1n) is 8.79. The first-order valence-corrected chi connectivity index (χ1v) is 10.2. The van der Waals surface area contributed by atoms with E-state index < -0.39 is 10.0 Å². The molecule has 2 heterocycles. The molecular weight excluding hydrogens is 352 g/mol. The lowest BCUT2D eigenvalue weighted by molar-refractivity contribution is -0.133. The summed E-state index contributed by atoms with van der Waals surface area (Å²) in [4.78, 5) is 14.8. The van der Waals surface area contributed by atoms with Gasteiger partial charge in [-0.25, -0.2) is 8.42 Å². The van der Waals surface area contributed by atoms with Crippen LogP contribution in [-0.4, -0.2) is 59.5 Å². The molecule has 8 heteroatoms. The molecular formula is C18H22N4O3S. The number of aryl methyl sites for hydroxylation is 1. The van der Waals surface area contributed by atoms with Crippen molar-refractivity contribution in [1.82, 2.24) is 19.0 Å². The first kappa shape index (κ1) is 17.2. The Balaban J connectivity index is 1.36. The fourth-order valence-corrected chi connectivity index (χ4v) is 5.04. The van der Waals surface area contributed by atoms with Crippen molar-refractivity contribution in [2.24, 2.45) is 13.0 Å². The molecule has 1 amide bonds. The molecule has 1 aliphatic carbocycles. The molecule has 7 nitrogen and oxygen atoms in total. The number of carbonyl (C=O) groups is 1. The van der Waals surface area contributed by atoms with E-state index in [1.54, 1.807) is 39.9 Å². The Hall–Kier alpha value is -2.19. The number of aromatic nitrogens is 2. The highest BCUT2D eigenvalue weighted by atomic mass is 32.2. The van der Waals surface area contributed by atoms with Crippen LogP contribution in [0.2, 0.25) is 0 Å². The summed E-state index contributed by atoms with van der Waals surface area (Å²) in [6, 6.07) is 8.45. The van der Waals surface area contributed by atoms with Crippen molar-refractivity contribution in [3.63, 3.8) is 0 Å². The zero-order valence-corrected chi connectivity index (χ0v) is 15.5. The van der Waals surface area contributed by atoms with Crippen molar-refractivity contribution in [2.75, 3.05) is 26.2 Å². The normalized spacial score (nSPS) is 23.8. The number of carbonyl (C=O) groups excluding carboxylic acids is 1. The average Bonchev–Trinajstić information content (AvgIpc) is 3.35. The van der Waals surface area contributed by atoms with Crippen molar-refractivity contribution in [2.45, 2.75) is 17.2 Å². The lowest BCUT2D eigenvalue weighted by Crippen LogP contribution is -2.51. The maximum atomic E-state index is 12.7. The van der Waals surface area contributed by atoms with Gasteiger partial charge < -0.3 is 4.90 Å². The fourth-order valence-electron chi connectivity index (χ4n) is 3.59. The van der Waals surface area contributed by atoms with Crippen LogP contribution in [-0.2, 0) is 21.9 Å². The SMILES string of the molecule is Cn1cc([C@H]2C[C@H]2C(=O)N2CCN(S(=O)(=O)c3ccccc3)CC2)cn1. The Morgan fingerprint density at radius 2 is 1.81 bits per heavy atom. The topological polar surface area (TPSA) is 75.5 Å². The predicted molar refractivity (Wildman–Crippen MR) is 95.8 cm³/mol. The maximum absolute atomic E-state index is 12.7. The maximum Gasteiger partial charge on any atom is 0.243 e. The molecule has 0 radical (unpaired) electrons. The van der Waals surface area contributed by atoms with Gasteiger partial charge in [-0.05, 0) is 30.0 Å². The monoisotopic (exact) mass is 374 g/mol. The third-order valence-electron chi connectivity index (χ3n) is 5.19. The summed E-state index contributed by atoms with van der Waals surface area (Å²) < 4.78 is 28.5. The summed E-state index contributed by atoms with van der Waals surface area (Å²) in [6.45, 7) is 1.57. The van der Waals surface area contributed by atoms with Gasteiger partial charge >= 0.3 is 0 Å². The van der Waals surface area contributed by atoms with Crippen molar-refractivity contribution >= 4 is 15.9 Å². The van der Waals surface area contributed by atoms with E-state index in [9.17, 15) is 13.2 Å². The van der Waals surface area contributed by atoms with E-state index in [1.165, 1.54) is 4.31 Å². The predicted octanol–water partition coefficient (Wildman–Crippen LogP) is 1.06. The lowest BCUT2D eigenvalue weighted by atomic mass is 10.2. The molecule has 2 aliphatic rings. The van der Waals surface area contributed by atoms with Crippen LogP contribution in [0.5, 0.6) is 0 Å². The highest BCUT2D eigenvalue weighted by molar-refractivity contribution is 7.89. The summed E-state index contributed by atoms with van der Waals surface area (Å²) in [5, 5.41) is 4.17. The minimum Gasteiger partial charge on any atom is -0.340 e. The third-order valence-corrected chi connectivity index (χ3v) is 7.10. The Morgan fingerprint density at radius 1 is 1.12 bits per heavy atom. The molecule has 26 heavy (non-hydrogen) atoms. The molecule has 0 spiro atoms. The molecule has 1 aromatic heterocycles. The highest BCUT2D eigenvalue weighted by Crippen LogP contribution is 2.48. The number of nitrogens with zero attached hydrogens (tertiary/aromatic N) is 4. The van der Waals surface area contributed by atoms with Crippen molar-refractivity contribution < 1.29 is 13.2 Å². The van der Waals surface area contributed by atoms with Crippen LogP contribution in [0.15, 0.2) is 47.6 Å². The van der Waals surface area contributed by atoms with Crippen LogP contribution in [0.25, 0.3) is 0 Å². The largest absolute Gasteiger partial charge is 0.340 e. The van der Waals surface area contributed by atoms with Crippen molar-refractivity contribution in [3.8, 4) is 0 Å². The summed E-state index contributed by atoms with van der Waals surface area (Å²) in [7, 11) is -1.61. The molecule has 2 aromatic rings. The molecule has 4 rings (SSSR count). The number of rotatable bonds is 4. The number of sulfonamides is 1. The van der Waals surface area contributed by atoms with Gasteiger partial charge in [0.25, 0.3) is 0 Å². The molecule has 1 aromatic carbocycles. The zero-order valence-electron chi connectivity index (χ0n) is 14.7. The molecule has 138 valence electrons. The molecule has 1 saturated heterocycles. The smallest absolute Gasteiger partial charge is 0.243 e. The van der Waals surface area contributed by atoms with Gasteiger partial charge in [0.15, 0.2) is 0 Å². The minimum absolute atomic E-state index is 0.0106. The number of amides is 1. The van der Waals surface area contributed by atoms with Crippen LogP contribution >= 0.6 is 0 Å². The summed E-state index contributed by atoms with van der Waals surface area (Å²) in [5.74, 6) is 0.398. The first-order chi connectivity index (χ1) is 12.5. The molecule has 0 unspecified atom stereocenters. The minimum atomic E-state index is -3.48. The Labute approximate surface area is 153 Å². The average molecular weight is 374 g/mol. The lowest BCUT2D eigenvalue weighted by Gasteiger charge is -2.34. The number of benzene rings is 1. The van der Waals surface area contributed by atoms with Crippen LogP contribution < -0.4 is 0 Å². The molecule has 0 N–H and O–H groups in total. The van der Waals surface area contributed by atoms with Gasteiger partial charge in [0, 0.05) is 45.3 Å². The second-order valence-electron chi connectivity index (χ2n) is 6.94. The van der Waals surface area contributed by atoms with Crippen LogP contribution in [0.3, 0.4) is 0 Å². The van der Waals surface area contributed by atoms with Crippen LogP contribution in [0, 0.1) is 5.92 Å². The Bertz CT molecular complexity index is 902. The van der Waals surface area contributed by atoms with Crippen molar-refractivity contribution in [3.05, 3.63) is 48.3 Å². The van der Waals surface area contributed by atoms with E-state index in [0.29, 0.717) is 31.1 Å². The van der Waals surface area contributed by atoms with Crippen LogP contribution in [0.4, 0.5) is 0 Å². The van der Waals surface area contributed by atoms with E-state index in [1.807, 2.05) is 19.4 Å². The second kappa shape index (κ2) is 6.51. The van der Waals surface area contributed by atoms with Gasteiger partial charge in [0.05, 0.1) is 11.1 Å². The van der Waals surface area contributed by atoms with E-state index in [4.69, 9.17) is 0 Å². The van der Waals surface area contributed by atoms with Gasteiger partial charge in [0.2, 0.25) is 15.9 Å². The number of hydrogen-bond acceptors (Lipinski definition) is 4. The molecule has 1 aliphatic heterocycles. The van der Waals surface area contributed by atoms with Gasteiger partial charge in [-0.2, -0.15) is 9.40 Å². The van der Waals surface area contributed by atoms with E-state index >= 15 is 0 Å². The van der Waals surface area contributed by atoms with E-state index in [-0.39, 0.29) is 17.7 Å². The number of piperazine rings is 1. The van der Waals surface area contributed by atoms with Crippen LogP contribution in [0.1, 0.15) is 17.9 Å². The zero-order chi connectivity index (χ0) is 18.3. The molecule has 2 atom stereocenters. The molecule has 0 bridgehead atoms. The molecule has 1 saturated carbocycles. The molecule has 2 fully saturated rings.